The first-order chi connectivity index (χ1) is 10.3. The minimum atomic E-state index is 0. The number of halogens is 2. The quantitative estimate of drug-likeness (QED) is 0.617. The monoisotopic (exact) mass is 421 g/mol. The van der Waals surface area contributed by atoms with Gasteiger partial charge in [0.25, 0.3) is 0 Å². The van der Waals surface area contributed by atoms with Gasteiger partial charge in [-0.05, 0) is 0 Å². The summed E-state index contributed by atoms with van der Waals surface area (Å²) in [6.07, 6.45) is 13.3. The molecular formula is C18H13Cl2O2Zr. The number of hydrogen-bond acceptors (Lipinski definition) is 2. The SMILES string of the molecule is [Cl-].[Cl-].[Zr+2][C]1=C(C2=C(c3ccco3)C=CC2)C=CC1c1ccco1. The van der Waals surface area contributed by atoms with Gasteiger partial charge in [0.1, 0.15) is 0 Å². The third-order valence-corrected chi connectivity index (χ3v) is 5.38. The molecule has 0 radical (unpaired) electrons. The van der Waals surface area contributed by atoms with E-state index >= 15 is 0 Å². The molecule has 2 nitrogen and oxygen atoms in total. The van der Waals surface area contributed by atoms with Crippen molar-refractivity contribution in [3.05, 3.63) is 87.0 Å². The molecule has 0 amide bonds. The summed E-state index contributed by atoms with van der Waals surface area (Å²) < 4.78 is 12.6. The maximum atomic E-state index is 5.58. The Balaban J connectivity index is 0.000000960. The van der Waals surface area contributed by atoms with Crippen LogP contribution in [0.1, 0.15) is 23.9 Å². The van der Waals surface area contributed by atoms with Gasteiger partial charge in [0.05, 0.1) is 0 Å². The zero-order valence-corrected chi connectivity index (χ0v) is 16.1. The molecule has 2 aromatic rings. The van der Waals surface area contributed by atoms with Crippen LogP contribution in [0.15, 0.2) is 84.4 Å². The zero-order chi connectivity index (χ0) is 14.2. The van der Waals surface area contributed by atoms with Gasteiger partial charge in [-0.2, -0.15) is 0 Å². The third kappa shape index (κ3) is 3.28. The van der Waals surface area contributed by atoms with Gasteiger partial charge in [-0.15, -0.1) is 0 Å². The van der Waals surface area contributed by atoms with E-state index in [0.717, 1.165) is 17.9 Å². The Bertz CT molecular complexity index is 781. The van der Waals surface area contributed by atoms with Crippen LogP contribution in [0.4, 0.5) is 0 Å². The Labute approximate surface area is 162 Å². The molecule has 1 unspecified atom stereocenters. The summed E-state index contributed by atoms with van der Waals surface area (Å²) in [7, 11) is 0. The van der Waals surface area contributed by atoms with Crippen LogP contribution in [0.3, 0.4) is 0 Å². The molecule has 23 heavy (non-hydrogen) atoms. The van der Waals surface area contributed by atoms with Gasteiger partial charge in [0, 0.05) is 0 Å². The first kappa shape index (κ1) is 18.3. The molecule has 0 bridgehead atoms. The molecule has 1 atom stereocenters. The summed E-state index contributed by atoms with van der Waals surface area (Å²) >= 11 is 1.43. The van der Waals surface area contributed by atoms with Gasteiger partial charge >= 0.3 is 139 Å². The zero-order valence-electron chi connectivity index (χ0n) is 12.1. The predicted octanol–water partition coefficient (Wildman–Crippen LogP) is -1.25. The Morgan fingerprint density at radius 2 is 1.74 bits per heavy atom. The van der Waals surface area contributed by atoms with Crippen LogP contribution in [-0.4, -0.2) is 0 Å². The van der Waals surface area contributed by atoms with E-state index in [9.17, 15) is 0 Å². The van der Waals surface area contributed by atoms with E-state index in [1.165, 1.54) is 44.7 Å². The van der Waals surface area contributed by atoms with E-state index in [-0.39, 0.29) is 24.8 Å². The minimum absolute atomic E-state index is 0. The fraction of sp³-hybridized carbons (Fsp3) is 0.111. The second kappa shape index (κ2) is 7.70. The summed E-state index contributed by atoms with van der Waals surface area (Å²) in [6.45, 7) is 0. The van der Waals surface area contributed by atoms with E-state index in [2.05, 4.69) is 30.4 Å². The van der Waals surface area contributed by atoms with Gasteiger partial charge < -0.3 is 24.8 Å². The fourth-order valence-electron chi connectivity index (χ4n) is 2.94. The first-order valence-electron chi connectivity index (χ1n) is 6.96. The van der Waals surface area contributed by atoms with Crippen molar-refractivity contribution in [3.8, 4) is 0 Å². The molecule has 0 aliphatic heterocycles. The van der Waals surface area contributed by atoms with Crippen molar-refractivity contribution >= 4 is 5.57 Å². The van der Waals surface area contributed by atoms with Crippen LogP contribution in [-0.2, 0) is 24.7 Å². The van der Waals surface area contributed by atoms with Gasteiger partial charge in [0.2, 0.25) is 0 Å². The fourth-order valence-corrected chi connectivity index (χ4v) is 4.10. The van der Waals surface area contributed by atoms with Crippen molar-refractivity contribution in [2.24, 2.45) is 0 Å². The summed E-state index contributed by atoms with van der Waals surface area (Å²) in [5.74, 6) is 2.27. The van der Waals surface area contributed by atoms with Crippen LogP contribution in [0.5, 0.6) is 0 Å². The summed E-state index contributed by atoms with van der Waals surface area (Å²) in [4.78, 5) is 0. The molecule has 2 aliphatic rings. The average molecular weight is 423 g/mol. The van der Waals surface area contributed by atoms with Crippen LogP contribution in [0.25, 0.3) is 5.57 Å². The molecule has 0 saturated heterocycles. The molecule has 0 spiro atoms. The molecule has 0 aromatic carbocycles. The summed E-state index contributed by atoms with van der Waals surface area (Å²) in [5.41, 5.74) is 3.92. The molecule has 2 aromatic heterocycles. The number of rotatable bonds is 3. The van der Waals surface area contributed by atoms with Gasteiger partial charge in [-0.3, -0.25) is 0 Å². The van der Waals surface area contributed by atoms with Gasteiger partial charge in [-0.25, -0.2) is 0 Å². The van der Waals surface area contributed by atoms with E-state index in [1.807, 2.05) is 18.2 Å². The molecular weight excluding hydrogens is 410 g/mol. The van der Waals surface area contributed by atoms with Crippen LogP contribution < -0.4 is 24.8 Å². The number of allylic oxidation sites excluding steroid dienone is 8. The Morgan fingerprint density at radius 1 is 0.957 bits per heavy atom. The van der Waals surface area contributed by atoms with Crippen molar-refractivity contribution in [2.75, 3.05) is 0 Å². The van der Waals surface area contributed by atoms with Crippen molar-refractivity contribution < 1.29 is 58.4 Å². The van der Waals surface area contributed by atoms with E-state index in [4.69, 9.17) is 8.83 Å². The van der Waals surface area contributed by atoms with Gasteiger partial charge in [-0.1, -0.05) is 0 Å². The standard InChI is InChI=1S/C18H13O2.2ClH.Zr/c1-4-15(16(5-1)18-7-3-11-20-18)13-8-9-14(12-13)17-6-2-10-19-17;;;/h1-3,5-11,14H,4H2;2*1H;/q;;;+2/p-2. The molecule has 0 fully saturated rings. The summed E-state index contributed by atoms with van der Waals surface area (Å²) in [6, 6.07) is 7.97. The molecule has 0 saturated carbocycles. The third-order valence-electron chi connectivity index (χ3n) is 3.95. The normalized spacial score (nSPS) is 19.3. The van der Waals surface area contributed by atoms with Gasteiger partial charge in [0.15, 0.2) is 0 Å². The molecule has 2 aliphatic carbocycles. The Kier molecular flexibility index (Phi) is 6.14. The van der Waals surface area contributed by atoms with Crippen LogP contribution in [0.2, 0.25) is 0 Å². The van der Waals surface area contributed by atoms with E-state index < -0.39 is 0 Å². The Morgan fingerprint density at radius 3 is 2.43 bits per heavy atom. The topological polar surface area (TPSA) is 26.3 Å². The second-order valence-electron chi connectivity index (χ2n) is 5.16. The Hall–Kier alpha value is -1.02. The maximum absolute atomic E-state index is 5.58. The van der Waals surface area contributed by atoms with Crippen molar-refractivity contribution in [1.29, 1.82) is 0 Å². The molecule has 2 heterocycles. The summed E-state index contributed by atoms with van der Waals surface area (Å²) in [5, 5.41) is 0. The van der Waals surface area contributed by atoms with E-state index in [0.29, 0.717) is 5.92 Å². The molecule has 0 N–H and O–H groups in total. The first-order valence-corrected chi connectivity index (χ1v) is 8.19. The van der Waals surface area contributed by atoms with Crippen LogP contribution in [0, 0.1) is 0 Å². The number of furan rings is 2. The average Bonchev–Trinajstić information content (AvgIpc) is 3.26. The predicted molar refractivity (Wildman–Crippen MR) is 77.0 cm³/mol. The van der Waals surface area contributed by atoms with Crippen molar-refractivity contribution in [2.45, 2.75) is 12.3 Å². The molecule has 115 valence electrons. The second-order valence-corrected chi connectivity index (χ2v) is 6.48. The van der Waals surface area contributed by atoms with Crippen molar-refractivity contribution in [1.82, 2.24) is 0 Å². The van der Waals surface area contributed by atoms with Crippen LogP contribution >= 0.6 is 0 Å². The van der Waals surface area contributed by atoms with E-state index in [1.54, 1.807) is 12.5 Å². The number of hydrogen-bond donors (Lipinski definition) is 0. The molecule has 4 rings (SSSR count). The molecule has 5 heteroatoms. The van der Waals surface area contributed by atoms with Crippen molar-refractivity contribution in [3.63, 3.8) is 0 Å².